The van der Waals surface area contributed by atoms with Gasteiger partial charge in [0.2, 0.25) is 0 Å². The first-order valence-electron chi connectivity index (χ1n) is 6.55. The molecular weight excluding hydrogens is 250 g/mol. The third-order valence-corrected chi connectivity index (χ3v) is 3.00. The zero-order chi connectivity index (χ0) is 14.4. The lowest BCUT2D eigenvalue weighted by molar-refractivity contribution is -0.132. The first kappa shape index (κ1) is 13.9. The molecule has 2 aromatic rings. The number of nitrogens with one attached hydrogen (secondary N) is 1. The summed E-state index contributed by atoms with van der Waals surface area (Å²) >= 11 is 0. The van der Waals surface area contributed by atoms with Crippen LogP contribution in [0.2, 0.25) is 0 Å². The van der Waals surface area contributed by atoms with E-state index in [9.17, 15) is 4.79 Å². The molecule has 20 heavy (non-hydrogen) atoms. The summed E-state index contributed by atoms with van der Waals surface area (Å²) in [6, 6.07) is 17.5. The number of anilines is 2. The average Bonchev–Trinajstić information content (AvgIpc) is 2.47. The predicted molar refractivity (Wildman–Crippen MR) is 82.1 cm³/mol. The number of para-hydroxylation sites is 2. The van der Waals surface area contributed by atoms with Gasteiger partial charge in [-0.3, -0.25) is 0 Å². The fourth-order valence-electron chi connectivity index (χ4n) is 1.92. The van der Waals surface area contributed by atoms with Crippen molar-refractivity contribution in [2.45, 2.75) is 13.3 Å². The zero-order valence-electron chi connectivity index (χ0n) is 11.3. The second-order valence-electron chi connectivity index (χ2n) is 4.41. The maximum absolute atomic E-state index is 11.1. The number of rotatable bonds is 5. The van der Waals surface area contributed by atoms with E-state index in [1.54, 1.807) is 6.08 Å². The van der Waals surface area contributed by atoms with Crippen molar-refractivity contribution in [3.63, 3.8) is 0 Å². The second kappa shape index (κ2) is 6.57. The van der Waals surface area contributed by atoms with Crippen LogP contribution in [0.1, 0.15) is 18.9 Å². The molecule has 3 nitrogen and oxygen atoms in total. The van der Waals surface area contributed by atoms with Crippen LogP contribution in [-0.2, 0) is 4.79 Å². The highest BCUT2D eigenvalue weighted by Crippen LogP contribution is 2.23. The maximum atomic E-state index is 11.1. The van der Waals surface area contributed by atoms with E-state index in [0.717, 1.165) is 16.9 Å². The van der Waals surface area contributed by atoms with Gasteiger partial charge in [0.15, 0.2) is 0 Å². The summed E-state index contributed by atoms with van der Waals surface area (Å²) in [5.41, 5.74) is 3.13. The Balaban J connectivity index is 2.33. The van der Waals surface area contributed by atoms with Gasteiger partial charge in [0, 0.05) is 16.9 Å². The summed E-state index contributed by atoms with van der Waals surface area (Å²) in [6.45, 7) is 1.84. The monoisotopic (exact) mass is 267 g/mol. The number of benzene rings is 2. The van der Waals surface area contributed by atoms with Crippen LogP contribution in [0, 0.1) is 0 Å². The van der Waals surface area contributed by atoms with Crippen LogP contribution in [0.5, 0.6) is 0 Å². The van der Waals surface area contributed by atoms with Crippen LogP contribution < -0.4 is 5.32 Å². The van der Waals surface area contributed by atoms with Crippen molar-refractivity contribution in [1.82, 2.24) is 0 Å². The van der Waals surface area contributed by atoms with Gasteiger partial charge < -0.3 is 10.4 Å². The van der Waals surface area contributed by atoms with E-state index in [0.29, 0.717) is 12.0 Å². The standard InChI is InChI=1S/C17H17NO2/c1-2-13(17(19)20)12-14-8-6-7-11-16(14)18-15-9-4-3-5-10-15/h3-12,18H,2H2,1H3,(H,19,20)/b13-12+. The van der Waals surface area contributed by atoms with Crippen molar-refractivity contribution >= 4 is 23.4 Å². The SMILES string of the molecule is CC/C(=C\c1ccccc1Nc1ccccc1)C(=O)O. The van der Waals surface area contributed by atoms with Crippen molar-refractivity contribution in [2.24, 2.45) is 0 Å². The topological polar surface area (TPSA) is 49.3 Å². The van der Waals surface area contributed by atoms with Crippen LogP contribution >= 0.6 is 0 Å². The Morgan fingerprint density at radius 2 is 1.75 bits per heavy atom. The molecule has 0 radical (unpaired) electrons. The van der Waals surface area contributed by atoms with Crippen LogP contribution in [0.15, 0.2) is 60.2 Å². The fourth-order valence-corrected chi connectivity index (χ4v) is 1.92. The van der Waals surface area contributed by atoms with Gasteiger partial charge in [0.1, 0.15) is 0 Å². The van der Waals surface area contributed by atoms with E-state index >= 15 is 0 Å². The molecule has 0 aromatic heterocycles. The summed E-state index contributed by atoms with van der Waals surface area (Å²) in [7, 11) is 0. The van der Waals surface area contributed by atoms with Gasteiger partial charge in [0.25, 0.3) is 0 Å². The molecule has 0 aliphatic heterocycles. The summed E-state index contributed by atoms with van der Waals surface area (Å²) in [4.78, 5) is 11.1. The van der Waals surface area contributed by atoms with E-state index in [4.69, 9.17) is 5.11 Å². The Bertz CT molecular complexity index is 618. The minimum Gasteiger partial charge on any atom is -0.478 e. The first-order valence-corrected chi connectivity index (χ1v) is 6.55. The van der Waals surface area contributed by atoms with Crippen molar-refractivity contribution in [3.05, 3.63) is 65.7 Å². The van der Waals surface area contributed by atoms with Crippen LogP contribution in [-0.4, -0.2) is 11.1 Å². The molecule has 0 atom stereocenters. The van der Waals surface area contributed by atoms with E-state index in [1.165, 1.54) is 0 Å². The van der Waals surface area contributed by atoms with Gasteiger partial charge in [0.05, 0.1) is 0 Å². The van der Waals surface area contributed by atoms with Gasteiger partial charge in [-0.25, -0.2) is 4.79 Å². The Kier molecular flexibility index (Phi) is 4.56. The van der Waals surface area contributed by atoms with Crippen molar-refractivity contribution in [2.75, 3.05) is 5.32 Å². The molecule has 2 N–H and O–H groups in total. The summed E-state index contributed by atoms with van der Waals surface area (Å²) < 4.78 is 0. The normalized spacial score (nSPS) is 11.2. The molecule has 3 heteroatoms. The minimum atomic E-state index is -0.873. The molecular formula is C17H17NO2. The molecule has 0 bridgehead atoms. The fraction of sp³-hybridized carbons (Fsp3) is 0.118. The summed E-state index contributed by atoms with van der Waals surface area (Å²) in [5, 5.41) is 12.4. The van der Waals surface area contributed by atoms with Crippen molar-refractivity contribution in [1.29, 1.82) is 0 Å². The number of hydrogen-bond acceptors (Lipinski definition) is 2. The third-order valence-electron chi connectivity index (χ3n) is 3.00. The van der Waals surface area contributed by atoms with Crippen LogP contribution in [0.25, 0.3) is 6.08 Å². The highest BCUT2D eigenvalue weighted by atomic mass is 16.4. The molecule has 0 aliphatic carbocycles. The lowest BCUT2D eigenvalue weighted by atomic mass is 10.1. The minimum absolute atomic E-state index is 0.396. The van der Waals surface area contributed by atoms with Gasteiger partial charge in [-0.05, 0) is 36.3 Å². The van der Waals surface area contributed by atoms with E-state index in [1.807, 2.05) is 61.5 Å². The molecule has 0 heterocycles. The van der Waals surface area contributed by atoms with Crippen LogP contribution in [0.3, 0.4) is 0 Å². The first-order chi connectivity index (χ1) is 9.70. The second-order valence-corrected chi connectivity index (χ2v) is 4.41. The Hall–Kier alpha value is -2.55. The maximum Gasteiger partial charge on any atom is 0.331 e. The van der Waals surface area contributed by atoms with E-state index < -0.39 is 5.97 Å². The number of aliphatic carboxylic acids is 1. The molecule has 0 fully saturated rings. The lowest BCUT2D eigenvalue weighted by Crippen LogP contribution is -2.00. The molecule has 0 unspecified atom stereocenters. The van der Waals surface area contributed by atoms with E-state index in [-0.39, 0.29) is 0 Å². The smallest absolute Gasteiger partial charge is 0.331 e. The van der Waals surface area contributed by atoms with Crippen molar-refractivity contribution < 1.29 is 9.90 Å². The molecule has 0 saturated heterocycles. The highest BCUT2D eigenvalue weighted by molar-refractivity contribution is 5.93. The average molecular weight is 267 g/mol. The van der Waals surface area contributed by atoms with E-state index in [2.05, 4.69) is 5.32 Å². The third kappa shape index (κ3) is 3.48. The summed E-state index contributed by atoms with van der Waals surface area (Å²) in [6.07, 6.45) is 2.21. The van der Waals surface area contributed by atoms with Gasteiger partial charge in [-0.15, -0.1) is 0 Å². The Morgan fingerprint density at radius 1 is 1.10 bits per heavy atom. The lowest BCUT2D eigenvalue weighted by Gasteiger charge is -2.10. The van der Waals surface area contributed by atoms with Crippen LogP contribution in [0.4, 0.5) is 11.4 Å². The summed E-state index contributed by atoms with van der Waals surface area (Å²) in [5.74, 6) is -0.873. The zero-order valence-corrected chi connectivity index (χ0v) is 11.3. The Morgan fingerprint density at radius 3 is 2.40 bits per heavy atom. The predicted octanol–water partition coefficient (Wildman–Crippen LogP) is 4.31. The molecule has 0 spiro atoms. The number of carbonyl (C=O) groups is 1. The largest absolute Gasteiger partial charge is 0.478 e. The number of hydrogen-bond donors (Lipinski definition) is 2. The Labute approximate surface area is 118 Å². The van der Waals surface area contributed by atoms with Gasteiger partial charge in [-0.2, -0.15) is 0 Å². The van der Waals surface area contributed by atoms with Crippen molar-refractivity contribution in [3.8, 4) is 0 Å². The number of carboxylic acids is 1. The molecule has 0 saturated carbocycles. The molecule has 0 aliphatic rings. The van der Waals surface area contributed by atoms with Gasteiger partial charge >= 0.3 is 5.97 Å². The quantitative estimate of drug-likeness (QED) is 0.794. The molecule has 2 aromatic carbocycles. The van der Waals surface area contributed by atoms with Gasteiger partial charge in [-0.1, -0.05) is 43.3 Å². The molecule has 2 rings (SSSR count). The molecule has 0 amide bonds. The highest BCUT2D eigenvalue weighted by Gasteiger charge is 2.06. The number of carboxylic acid groups (broad SMARTS) is 1. The molecule has 102 valence electrons.